The molecule has 17 heavy (non-hydrogen) atoms. The predicted octanol–water partition coefficient (Wildman–Crippen LogP) is 4.38. The first-order valence-electron chi connectivity index (χ1n) is 5.35. The van der Waals surface area contributed by atoms with Crippen LogP contribution in [0.15, 0.2) is 51.4 Å². The summed E-state index contributed by atoms with van der Waals surface area (Å²) in [5, 5.41) is 6.25. The maximum absolute atomic E-state index is 5.48. The van der Waals surface area contributed by atoms with E-state index in [1.165, 1.54) is 4.88 Å². The molecule has 0 fully saturated rings. The van der Waals surface area contributed by atoms with Gasteiger partial charge in [-0.25, -0.2) is 0 Å². The van der Waals surface area contributed by atoms with Crippen molar-refractivity contribution in [1.82, 2.24) is 0 Å². The van der Waals surface area contributed by atoms with Crippen molar-refractivity contribution in [2.75, 3.05) is 0 Å². The van der Waals surface area contributed by atoms with Crippen molar-refractivity contribution in [2.24, 2.45) is 5.16 Å². The molecule has 1 aliphatic rings. The van der Waals surface area contributed by atoms with E-state index in [-0.39, 0.29) is 6.10 Å². The van der Waals surface area contributed by atoms with Gasteiger partial charge in [-0.1, -0.05) is 39.3 Å². The van der Waals surface area contributed by atoms with Crippen LogP contribution in [-0.4, -0.2) is 5.71 Å². The molecule has 0 amide bonds. The normalized spacial score (nSPS) is 18.9. The van der Waals surface area contributed by atoms with Crippen molar-refractivity contribution in [3.63, 3.8) is 0 Å². The molecular formula is C13H10BrNOS. The Morgan fingerprint density at radius 1 is 1.24 bits per heavy atom. The van der Waals surface area contributed by atoms with Crippen molar-refractivity contribution in [1.29, 1.82) is 0 Å². The molecule has 4 heteroatoms. The Labute approximate surface area is 112 Å². The van der Waals surface area contributed by atoms with Crippen LogP contribution in [0, 0.1) is 0 Å². The van der Waals surface area contributed by atoms with Gasteiger partial charge in [0.05, 0.1) is 5.71 Å². The summed E-state index contributed by atoms with van der Waals surface area (Å²) in [4.78, 5) is 6.72. The second kappa shape index (κ2) is 4.63. The van der Waals surface area contributed by atoms with Gasteiger partial charge < -0.3 is 4.84 Å². The molecule has 0 saturated carbocycles. The number of hydrogen-bond acceptors (Lipinski definition) is 3. The van der Waals surface area contributed by atoms with E-state index in [0.717, 1.165) is 22.2 Å². The van der Waals surface area contributed by atoms with Crippen LogP contribution in [0.3, 0.4) is 0 Å². The molecule has 0 spiro atoms. The molecule has 2 aromatic rings. The number of thiophene rings is 1. The molecule has 86 valence electrons. The van der Waals surface area contributed by atoms with Gasteiger partial charge in [0.25, 0.3) is 0 Å². The lowest BCUT2D eigenvalue weighted by Crippen LogP contribution is -1.99. The van der Waals surface area contributed by atoms with Crippen LogP contribution >= 0.6 is 27.3 Å². The number of hydrogen-bond donors (Lipinski definition) is 0. The van der Waals surface area contributed by atoms with Crippen LogP contribution in [0.5, 0.6) is 0 Å². The fourth-order valence-corrected chi connectivity index (χ4v) is 2.83. The molecule has 3 rings (SSSR count). The largest absolute Gasteiger partial charge is 0.386 e. The molecule has 0 radical (unpaired) electrons. The van der Waals surface area contributed by atoms with E-state index in [0.29, 0.717) is 0 Å². The van der Waals surface area contributed by atoms with Gasteiger partial charge in [-0.3, -0.25) is 0 Å². The monoisotopic (exact) mass is 307 g/mol. The highest BCUT2D eigenvalue weighted by molar-refractivity contribution is 9.10. The summed E-state index contributed by atoms with van der Waals surface area (Å²) in [7, 11) is 0. The molecule has 2 heterocycles. The van der Waals surface area contributed by atoms with E-state index in [2.05, 4.69) is 44.7 Å². The summed E-state index contributed by atoms with van der Waals surface area (Å²) in [6.45, 7) is 0. The summed E-state index contributed by atoms with van der Waals surface area (Å²) < 4.78 is 1.08. The Balaban J connectivity index is 1.77. The minimum absolute atomic E-state index is 0.0913. The fraction of sp³-hybridized carbons (Fsp3) is 0.154. The van der Waals surface area contributed by atoms with Crippen LogP contribution in [0.1, 0.15) is 23.0 Å². The topological polar surface area (TPSA) is 21.6 Å². The highest BCUT2D eigenvalue weighted by Gasteiger charge is 2.24. The molecule has 1 unspecified atom stereocenters. The van der Waals surface area contributed by atoms with E-state index in [9.17, 15) is 0 Å². The zero-order chi connectivity index (χ0) is 11.7. The lowest BCUT2D eigenvalue weighted by molar-refractivity contribution is 0.0883. The second-order valence-corrected chi connectivity index (χ2v) is 5.75. The van der Waals surface area contributed by atoms with Crippen molar-refractivity contribution in [3.8, 4) is 0 Å². The van der Waals surface area contributed by atoms with E-state index in [1.807, 2.05) is 18.2 Å². The fourth-order valence-electron chi connectivity index (χ4n) is 1.82. The number of oxime groups is 1. The molecule has 1 aliphatic heterocycles. The van der Waals surface area contributed by atoms with Gasteiger partial charge in [-0.2, -0.15) is 0 Å². The molecule has 1 aromatic carbocycles. The quantitative estimate of drug-likeness (QED) is 0.807. The molecule has 1 aromatic heterocycles. The standard InChI is InChI=1S/C13H10BrNOS/c14-10-5-3-9(4-6-10)11-8-12(16-15-11)13-2-1-7-17-13/h1-7,12H,8H2. The second-order valence-electron chi connectivity index (χ2n) is 3.86. The predicted molar refractivity (Wildman–Crippen MR) is 73.4 cm³/mol. The molecule has 0 N–H and O–H groups in total. The van der Waals surface area contributed by atoms with E-state index in [4.69, 9.17) is 4.84 Å². The van der Waals surface area contributed by atoms with Crippen LogP contribution < -0.4 is 0 Å². The average Bonchev–Trinajstić information content (AvgIpc) is 3.00. The van der Waals surface area contributed by atoms with Gasteiger partial charge >= 0.3 is 0 Å². The van der Waals surface area contributed by atoms with Crippen LogP contribution in [0.2, 0.25) is 0 Å². The Hall–Kier alpha value is -1.13. The first kappa shape index (κ1) is 11.0. The zero-order valence-electron chi connectivity index (χ0n) is 8.97. The van der Waals surface area contributed by atoms with E-state index in [1.54, 1.807) is 11.3 Å². The Kier molecular flexibility index (Phi) is 2.99. The van der Waals surface area contributed by atoms with Crippen molar-refractivity contribution in [2.45, 2.75) is 12.5 Å². The average molecular weight is 308 g/mol. The van der Waals surface area contributed by atoms with Gasteiger partial charge in [0.15, 0.2) is 6.10 Å². The third-order valence-electron chi connectivity index (χ3n) is 2.71. The maximum atomic E-state index is 5.48. The SMILES string of the molecule is Brc1ccc(C2=NOC(c3cccs3)C2)cc1. The number of halogens is 1. The minimum Gasteiger partial charge on any atom is -0.386 e. The van der Waals surface area contributed by atoms with Crippen molar-refractivity contribution >= 4 is 33.0 Å². The van der Waals surface area contributed by atoms with Crippen LogP contribution in [-0.2, 0) is 4.84 Å². The summed E-state index contributed by atoms with van der Waals surface area (Å²) in [6.07, 6.45) is 0.941. The van der Waals surface area contributed by atoms with Crippen LogP contribution in [0.4, 0.5) is 0 Å². The number of rotatable bonds is 2. The van der Waals surface area contributed by atoms with Gasteiger partial charge in [-0.15, -0.1) is 11.3 Å². The minimum atomic E-state index is 0.0913. The molecular weight excluding hydrogens is 298 g/mol. The number of nitrogens with zero attached hydrogens (tertiary/aromatic N) is 1. The summed E-state index contributed by atoms with van der Waals surface area (Å²) >= 11 is 5.14. The van der Waals surface area contributed by atoms with Gasteiger partial charge in [0, 0.05) is 15.8 Å². The first-order valence-corrected chi connectivity index (χ1v) is 7.02. The smallest absolute Gasteiger partial charge is 0.167 e. The van der Waals surface area contributed by atoms with Gasteiger partial charge in [0.2, 0.25) is 0 Å². The molecule has 1 atom stereocenters. The first-order chi connectivity index (χ1) is 8.33. The third kappa shape index (κ3) is 2.28. The van der Waals surface area contributed by atoms with Gasteiger partial charge in [0.1, 0.15) is 0 Å². The third-order valence-corrected chi connectivity index (χ3v) is 4.20. The Bertz CT molecular complexity index is 533. The zero-order valence-corrected chi connectivity index (χ0v) is 11.4. The maximum Gasteiger partial charge on any atom is 0.167 e. The highest BCUT2D eigenvalue weighted by atomic mass is 79.9. The molecule has 0 saturated heterocycles. The summed E-state index contributed by atoms with van der Waals surface area (Å²) in [5.74, 6) is 0. The van der Waals surface area contributed by atoms with E-state index >= 15 is 0 Å². The lowest BCUT2D eigenvalue weighted by Gasteiger charge is -2.04. The highest BCUT2D eigenvalue weighted by Crippen LogP contribution is 2.32. The summed E-state index contributed by atoms with van der Waals surface area (Å²) in [6, 6.07) is 12.3. The molecule has 0 bridgehead atoms. The van der Waals surface area contributed by atoms with Crippen molar-refractivity contribution < 1.29 is 4.84 Å². The van der Waals surface area contributed by atoms with Crippen molar-refractivity contribution in [3.05, 3.63) is 56.7 Å². The van der Waals surface area contributed by atoms with Gasteiger partial charge in [-0.05, 0) is 29.1 Å². The lowest BCUT2D eigenvalue weighted by atomic mass is 10.0. The van der Waals surface area contributed by atoms with Crippen LogP contribution in [0.25, 0.3) is 0 Å². The Morgan fingerprint density at radius 2 is 2.06 bits per heavy atom. The van der Waals surface area contributed by atoms with E-state index < -0.39 is 0 Å². The Morgan fingerprint density at radius 3 is 2.76 bits per heavy atom. The molecule has 0 aliphatic carbocycles. The molecule has 2 nitrogen and oxygen atoms in total. The summed E-state index contributed by atoms with van der Waals surface area (Å²) in [5.41, 5.74) is 2.16. The number of benzene rings is 1.